The molecule has 0 radical (unpaired) electrons. The van der Waals surface area contributed by atoms with E-state index in [4.69, 9.17) is 9.78 Å². The predicted molar refractivity (Wildman–Crippen MR) is 52.0 cm³/mol. The van der Waals surface area contributed by atoms with E-state index in [0.717, 1.165) is 11.1 Å². The highest BCUT2D eigenvalue weighted by molar-refractivity contribution is 5.38. The van der Waals surface area contributed by atoms with Gasteiger partial charge in [-0.05, 0) is 17.7 Å². The Bertz CT molecular complexity index is 391. The van der Waals surface area contributed by atoms with Crippen molar-refractivity contribution in [3.05, 3.63) is 39.4 Å². The fourth-order valence-electron chi connectivity index (χ4n) is 1.53. The Balaban J connectivity index is 2.13. The second-order valence-corrected chi connectivity index (χ2v) is 3.63. The van der Waals surface area contributed by atoms with Crippen LogP contribution in [0.15, 0.2) is 18.2 Å². The van der Waals surface area contributed by atoms with Crippen molar-refractivity contribution in [3.8, 4) is 5.75 Å². The van der Waals surface area contributed by atoms with Gasteiger partial charge in [-0.2, -0.15) is 4.89 Å². The summed E-state index contributed by atoms with van der Waals surface area (Å²) in [5.41, 5.74) is 1.88. The molecule has 0 saturated carbocycles. The quantitative estimate of drug-likeness (QED) is 0.432. The van der Waals surface area contributed by atoms with E-state index in [9.17, 15) is 10.1 Å². The third-order valence-corrected chi connectivity index (χ3v) is 2.38. The first-order chi connectivity index (χ1) is 7.16. The molecule has 0 aliphatic carbocycles. The maximum absolute atomic E-state index is 10.5. The van der Waals surface area contributed by atoms with Gasteiger partial charge in [-0.3, -0.25) is 10.1 Å². The van der Waals surface area contributed by atoms with Crippen molar-refractivity contribution in [2.24, 2.45) is 0 Å². The van der Waals surface area contributed by atoms with E-state index in [0.29, 0.717) is 18.8 Å². The molecular formula is C10H11NO4. The summed E-state index contributed by atoms with van der Waals surface area (Å²) in [4.78, 5) is 19.9. The molecular weight excluding hydrogens is 198 g/mol. The van der Waals surface area contributed by atoms with Crippen LogP contribution >= 0.6 is 0 Å². The van der Waals surface area contributed by atoms with Crippen LogP contribution in [0.2, 0.25) is 0 Å². The first kappa shape index (κ1) is 9.92. The Labute approximate surface area is 86.7 Å². The second-order valence-electron chi connectivity index (χ2n) is 3.63. The number of nitro groups is 1. The SMILES string of the molecule is CC(Cc1ccc2c(c1)COO2)[N+](=O)[O-]. The fourth-order valence-corrected chi connectivity index (χ4v) is 1.53. The first-order valence-corrected chi connectivity index (χ1v) is 4.71. The largest absolute Gasteiger partial charge is 0.337 e. The summed E-state index contributed by atoms with van der Waals surface area (Å²) >= 11 is 0. The molecule has 0 spiro atoms. The molecule has 1 aromatic rings. The zero-order valence-electron chi connectivity index (χ0n) is 8.30. The molecule has 1 unspecified atom stereocenters. The zero-order valence-corrected chi connectivity index (χ0v) is 8.30. The van der Waals surface area contributed by atoms with Gasteiger partial charge in [-0.1, -0.05) is 6.07 Å². The summed E-state index contributed by atoms with van der Waals surface area (Å²) in [6.07, 6.45) is 0.431. The van der Waals surface area contributed by atoms with Gasteiger partial charge in [0.1, 0.15) is 6.61 Å². The van der Waals surface area contributed by atoms with Gasteiger partial charge in [-0.25, -0.2) is 0 Å². The molecule has 1 aliphatic rings. The van der Waals surface area contributed by atoms with Crippen LogP contribution in [-0.2, 0) is 17.9 Å². The van der Waals surface area contributed by atoms with Gasteiger partial charge in [0.2, 0.25) is 6.04 Å². The van der Waals surface area contributed by atoms with Crippen LogP contribution in [0, 0.1) is 10.1 Å². The number of hydrogen-bond donors (Lipinski definition) is 0. The Hall–Kier alpha value is -1.62. The molecule has 5 heteroatoms. The predicted octanol–water partition coefficient (Wildman–Crippen LogP) is 1.72. The van der Waals surface area contributed by atoms with Crippen LogP contribution in [0.25, 0.3) is 0 Å². The zero-order chi connectivity index (χ0) is 10.8. The maximum Gasteiger partial charge on any atom is 0.214 e. The van der Waals surface area contributed by atoms with Crippen molar-refractivity contribution < 1.29 is 14.7 Å². The lowest BCUT2D eigenvalue weighted by molar-refractivity contribution is -0.517. The highest BCUT2D eigenvalue weighted by Gasteiger charge is 2.17. The Kier molecular flexibility index (Phi) is 2.55. The average Bonchev–Trinajstić information content (AvgIpc) is 2.64. The summed E-state index contributed by atoms with van der Waals surface area (Å²) in [7, 11) is 0. The van der Waals surface area contributed by atoms with Gasteiger partial charge in [-0.15, -0.1) is 0 Å². The number of rotatable bonds is 3. The standard InChI is InChI=1S/C10H11NO4/c1-7(11(12)13)4-8-2-3-10-9(5-8)6-14-15-10/h2-3,5,7H,4,6H2,1H3. The molecule has 0 amide bonds. The molecule has 1 heterocycles. The highest BCUT2D eigenvalue weighted by atomic mass is 17.2. The van der Waals surface area contributed by atoms with Crippen molar-refractivity contribution in [1.29, 1.82) is 0 Å². The lowest BCUT2D eigenvalue weighted by Gasteiger charge is -2.04. The summed E-state index contributed by atoms with van der Waals surface area (Å²) in [5, 5.41) is 10.5. The third kappa shape index (κ3) is 2.07. The first-order valence-electron chi connectivity index (χ1n) is 4.71. The molecule has 1 aliphatic heterocycles. The van der Waals surface area contributed by atoms with Crippen LogP contribution in [0.4, 0.5) is 0 Å². The molecule has 0 N–H and O–H groups in total. The third-order valence-electron chi connectivity index (χ3n) is 2.38. The number of benzene rings is 1. The van der Waals surface area contributed by atoms with E-state index in [1.807, 2.05) is 12.1 Å². The topological polar surface area (TPSA) is 61.6 Å². The Morgan fingerprint density at radius 1 is 1.60 bits per heavy atom. The molecule has 5 nitrogen and oxygen atoms in total. The molecule has 0 bridgehead atoms. The van der Waals surface area contributed by atoms with Crippen LogP contribution in [0.3, 0.4) is 0 Å². The molecule has 1 atom stereocenters. The minimum Gasteiger partial charge on any atom is -0.337 e. The average molecular weight is 209 g/mol. The minimum atomic E-state index is -0.564. The van der Waals surface area contributed by atoms with Crippen molar-refractivity contribution in [1.82, 2.24) is 0 Å². The molecule has 0 saturated heterocycles. The van der Waals surface area contributed by atoms with Crippen LogP contribution in [0.1, 0.15) is 18.1 Å². The second kappa shape index (κ2) is 3.86. The lowest BCUT2D eigenvalue weighted by Crippen LogP contribution is -2.17. The van der Waals surface area contributed by atoms with E-state index < -0.39 is 6.04 Å². The van der Waals surface area contributed by atoms with Crippen LogP contribution in [-0.4, -0.2) is 11.0 Å². The van der Waals surface area contributed by atoms with Crippen molar-refractivity contribution >= 4 is 0 Å². The normalized spacial score (nSPS) is 15.5. The summed E-state index contributed by atoms with van der Waals surface area (Å²) in [5.74, 6) is 0.701. The number of fused-ring (bicyclic) bond motifs is 1. The molecule has 80 valence electrons. The van der Waals surface area contributed by atoms with Gasteiger partial charge in [0, 0.05) is 23.8 Å². The van der Waals surface area contributed by atoms with Crippen LogP contribution < -0.4 is 4.89 Å². The van der Waals surface area contributed by atoms with Gasteiger partial charge in [0.25, 0.3) is 0 Å². The number of hydrogen-bond acceptors (Lipinski definition) is 4. The fraction of sp³-hybridized carbons (Fsp3) is 0.400. The van der Waals surface area contributed by atoms with Crippen LogP contribution in [0.5, 0.6) is 5.75 Å². The summed E-state index contributed by atoms with van der Waals surface area (Å²) in [6, 6.07) is 4.94. The van der Waals surface area contributed by atoms with E-state index in [2.05, 4.69) is 0 Å². The van der Waals surface area contributed by atoms with Gasteiger partial charge < -0.3 is 4.89 Å². The van der Waals surface area contributed by atoms with Gasteiger partial charge >= 0.3 is 0 Å². The van der Waals surface area contributed by atoms with E-state index in [-0.39, 0.29) is 4.92 Å². The Morgan fingerprint density at radius 2 is 2.40 bits per heavy atom. The van der Waals surface area contributed by atoms with Crippen molar-refractivity contribution in [2.45, 2.75) is 26.0 Å². The summed E-state index contributed by atoms with van der Waals surface area (Å²) in [6.45, 7) is 2.01. The molecule has 0 aromatic heterocycles. The minimum absolute atomic E-state index is 0.278. The van der Waals surface area contributed by atoms with Gasteiger partial charge in [0.15, 0.2) is 5.75 Å². The highest BCUT2D eigenvalue weighted by Crippen LogP contribution is 2.27. The smallest absolute Gasteiger partial charge is 0.214 e. The summed E-state index contributed by atoms with van der Waals surface area (Å²) < 4.78 is 0. The molecule has 15 heavy (non-hydrogen) atoms. The van der Waals surface area contributed by atoms with E-state index in [1.165, 1.54) is 0 Å². The maximum atomic E-state index is 10.5. The Morgan fingerprint density at radius 3 is 3.13 bits per heavy atom. The number of nitrogens with zero attached hydrogens (tertiary/aromatic N) is 1. The van der Waals surface area contributed by atoms with Crippen molar-refractivity contribution in [3.63, 3.8) is 0 Å². The van der Waals surface area contributed by atoms with Gasteiger partial charge in [0.05, 0.1) is 0 Å². The lowest BCUT2D eigenvalue weighted by atomic mass is 10.0. The van der Waals surface area contributed by atoms with Crippen molar-refractivity contribution in [2.75, 3.05) is 0 Å². The van der Waals surface area contributed by atoms with E-state index >= 15 is 0 Å². The van der Waals surface area contributed by atoms with E-state index in [1.54, 1.807) is 13.0 Å². The monoisotopic (exact) mass is 209 g/mol. The molecule has 1 aromatic carbocycles. The molecule has 0 fully saturated rings. The molecule has 2 rings (SSSR count).